The zero-order chi connectivity index (χ0) is 22.5. The predicted octanol–water partition coefficient (Wildman–Crippen LogP) is 3.86. The topological polar surface area (TPSA) is 74.3 Å². The van der Waals surface area contributed by atoms with E-state index in [2.05, 4.69) is 0 Å². The van der Waals surface area contributed by atoms with Gasteiger partial charge in [0.05, 0.1) is 26.5 Å². The second-order valence-corrected chi connectivity index (χ2v) is 7.15. The summed E-state index contributed by atoms with van der Waals surface area (Å²) in [6.07, 6.45) is -0.908. The lowest BCUT2D eigenvalue weighted by atomic mass is 10.1. The molecule has 1 unspecified atom stereocenters. The first-order valence-electron chi connectivity index (χ1n) is 10.1. The Labute approximate surface area is 186 Å². The summed E-state index contributed by atoms with van der Waals surface area (Å²) in [4.78, 5) is 27.0. The highest BCUT2D eigenvalue weighted by atomic mass is 16.6. The third kappa shape index (κ3) is 4.37. The van der Waals surface area contributed by atoms with Crippen molar-refractivity contribution < 1.29 is 28.5 Å². The zero-order valence-electron chi connectivity index (χ0n) is 17.8. The first-order valence-corrected chi connectivity index (χ1v) is 10.1. The molecule has 0 aromatic heterocycles. The van der Waals surface area contributed by atoms with Crippen LogP contribution < -0.4 is 19.1 Å². The highest BCUT2D eigenvalue weighted by molar-refractivity contribution is 6.08. The van der Waals surface area contributed by atoms with Crippen LogP contribution in [0.2, 0.25) is 0 Å². The number of amides is 1. The Bertz CT molecular complexity index is 1110. The standard InChI is InChI=1S/C25H23NO6/c1-29-22-14-18(12-13-21(22)31-16-17-8-4-3-5-9-17)24(27)26-15-23(25(28)30-2)32-20-11-7-6-10-19(20)26/h3-14,23H,15-16H2,1-2H3. The molecule has 7 nitrogen and oxygen atoms in total. The molecule has 0 spiro atoms. The summed E-state index contributed by atoms with van der Waals surface area (Å²) in [5.41, 5.74) is 2.00. The minimum atomic E-state index is -0.908. The smallest absolute Gasteiger partial charge is 0.348 e. The highest BCUT2D eigenvalue weighted by Gasteiger charge is 2.35. The molecule has 1 heterocycles. The summed E-state index contributed by atoms with van der Waals surface area (Å²) in [6.45, 7) is 0.416. The summed E-state index contributed by atoms with van der Waals surface area (Å²) in [5, 5.41) is 0. The van der Waals surface area contributed by atoms with E-state index in [9.17, 15) is 9.59 Å². The molecule has 1 aliphatic heterocycles. The number of hydrogen-bond donors (Lipinski definition) is 0. The number of anilines is 1. The van der Waals surface area contributed by atoms with Gasteiger partial charge in [0, 0.05) is 5.56 Å². The number of carbonyl (C=O) groups is 2. The molecule has 1 amide bonds. The minimum absolute atomic E-state index is 0.0388. The van der Waals surface area contributed by atoms with Gasteiger partial charge < -0.3 is 23.8 Å². The Hall–Kier alpha value is -4.00. The number of hydrogen-bond acceptors (Lipinski definition) is 6. The summed E-state index contributed by atoms with van der Waals surface area (Å²) in [5.74, 6) is 0.583. The maximum atomic E-state index is 13.4. The van der Waals surface area contributed by atoms with Crippen molar-refractivity contribution in [3.8, 4) is 17.2 Å². The van der Waals surface area contributed by atoms with Gasteiger partial charge in [-0.25, -0.2) is 4.79 Å². The number of para-hydroxylation sites is 2. The van der Waals surface area contributed by atoms with E-state index in [0.29, 0.717) is 35.1 Å². The first-order chi connectivity index (χ1) is 15.6. The van der Waals surface area contributed by atoms with E-state index in [4.69, 9.17) is 18.9 Å². The molecule has 0 N–H and O–H groups in total. The Kier molecular flexibility index (Phi) is 6.26. The van der Waals surface area contributed by atoms with Gasteiger partial charge in [-0.15, -0.1) is 0 Å². The number of nitrogens with zero attached hydrogens (tertiary/aromatic N) is 1. The fourth-order valence-corrected chi connectivity index (χ4v) is 3.49. The monoisotopic (exact) mass is 433 g/mol. The molecule has 164 valence electrons. The summed E-state index contributed by atoms with van der Waals surface area (Å²) >= 11 is 0. The van der Waals surface area contributed by atoms with Gasteiger partial charge in [0.15, 0.2) is 11.5 Å². The fraction of sp³-hybridized carbons (Fsp3) is 0.200. The quantitative estimate of drug-likeness (QED) is 0.550. The van der Waals surface area contributed by atoms with Gasteiger partial charge in [0.2, 0.25) is 6.10 Å². The molecule has 1 atom stereocenters. The zero-order valence-corrected chi connectivity index (χ0v) is 17.8. The van der Waals surface area contributed by atoms with E-state index in [0.717, 1.165) is 5.56 Å². The molecule has 0 bridgehead atoms. The Balaban J connectivity index is 1.59. The van der Waals surface area contributed by atoms with Gasteiger partial charge in [-0.3, -0.25) is 4.79 Å². The maximum Gasteiger partial charge on any atom is 0.348 e. The maximum absolute atomic E-state index is 13.4. The number of rotatable bonds is 6. The van der Waals surface area contributed by atoms with E-state index < -0.39 is 12.1 Å². The van der Waals surface area contributed by atoms with Crippen LogP contribution in [0, 0.1) is 0 Å². The molecular formula is C25H23NO6. The van der Waals surface area contributed by atoms with Crippen molar-refractivity contribution in [1.82, 2.24) is 0 Å². The molecule has 1 aliphatic rings. The van der Waals surface area contributed by atoms with Crippen molar-refractivity contribution in [3.05, 3.63) is 83.9 Å². The number of ether oxygens (including phenoxy) is 4. The Morgan fingerprint density at radius 2 is 1.72 bits per heavy atom. The first kappa shape index (κ1) is 21.2. The Morgan fingerprint density at radius 1 is 0.969 bits per heavy atom. The van der Waals surface area contributed by atoms with Crippen LogP contribution in [0.25, 0.3) is 0 Å². The van der Waals surface area contributed by atoms with Crippen LogP contribution in [-0.2, 0) is 16.1 Å². The summed E-state index contributed by atoms with van der Waals surface area (Å²) in [7, 11) is 2.81. The van der Waals surface area contributed by atoms with Gasteiger partial charge in [-0.1, -0.05) is 42.5 Å². The Morgan fingerprint density at radius 3 is 2.47 bits per heavy atom. The lowest BCUT2D eigenvalue weighted by Crippen LogP contribution is -2.47. The molecule has 7 heteroatoms. The second kappa shape index (κ2) is 9.43. The van der Waals surface area contributed by atoms with Gasteiger partial charge in [0.1, 0.15) is 12.4 Å². The normalized spacial score (nSPS) is 14.7. The van der Waals surface area contributed by atoms with Crippen LogP contribution in [0.1, 0.15) is 15.9 Å². The summed E-state index contributed by atoms with van der Waals surface area (Å²) in [6, 6.07) is 21.9. The van der Waals surface area contributed by atoms with E-state index >= 15 is 0 Å². The van der Waals surface area contributed by atoms with Crippen molar-refractivity contribution in [3.63, 3.8) is 0 Å². The van der Waals surface area contributed by atoms with Crippen LogP contribution in [0.3, 0.4) is 0 Å². The summed E-state index contributed by atoms with van der Waals surface area (Å²) < 4.78 is 21.9. The van der Waals surface area contributed by atoms with Crippen molar-refractivity contribution in [2.75, 3.05) is 25.7 Å². The average Bonchev–Trinajstić information content (AvgIpc) is 2.86. The minimum Gasteiger partial charge on any atom is -0.493 e. The van der Waals surface area contributed by atoms with Crippen LogP contribution in [-0.4, -0.2) is 38.7 Å². The van der Waals surface area contributed by atoms with E-state index in [1.54, 1.807) is 36.4 Å². The number of fused-ring (bicyclic) bond motifs is 1. The van der Waals surface area contributed by atoms with E-state index in [-0.39, 0.29) is 12.5 Å². The molecule has 0 radical (unpaired) electrons. The average molecular weight is 433 g/mol. The van der Waals surface area contributed by atoms with Crippen LogP contribution >= 0.6 is 0 Å². The third-order valence-corrected chi connectivity index (χ3v) is 5.13. The lowest BCUT2D eigenvalue weighted by Gasteiger charge is -2.33. The van der Waals surface area contributed by atoms with Crippen molar-refractivity contribution in [2.24, 2.45) is 0 Å². The number of carbonyl (C=O) groups excluding carboxylic acids is 2. The van der Waals surface area contributed by atoms with Crippen LogP contribution in [0.5, 0.6) is 17.2 Å². The van der Waals surface area contributed by atoms with Crippen molar-refractivity contribution in [1.29, 1.82) is 0 Å². The SMILES string of the molecule is COC(=O)C1CN(C(=O)c2ccc(OCc3ccccc3)c(OC)c2)c2ccccc2O1. The molecule has 32 heavy (non-hydrogen) atoms. The number of methoxy groups -OCH3 is 2. The van der Waals surface area contributed by atoms with E-state index in [1.165, 1.54) is 19.1 Å². The lowest BCUT2D eigenvalue weighted by molar-refractivity contribution is -0.148. The van der Waals surface area contributed by atoms with Crippen LogP contribution in [0.4, 0.5) is 5.69 Å². The van der Waals surface area contributed by atoms with Gasteiger partial charge in [0.25, 0.3) is 5.91 Å². The molecule has 4 rings (SSSR count). The molecule has 0 saturated carbocycles. The molecular weight excluding hydrogens is 410 g/mol. The van der Waals surface area contributed by atoms with Gasteiger partial charge >= 0.3 is 5.97 Å². The molecule has 0 fully saturated rings. The van der Waals surface area contributed by atoms with Crippen molar-refractivity contribution in [2.45, 2.75) is 12.7 Å². The van der Waals surface area contributed by atoms with Crippen LogP contribution in [0.15, 0.2) is 72.8 Å². The van der Waals surface area contributed by atoms with Gasteiger partial charge in [-0.2, -0.15) is 0 Å². The predicted molar refractivity (Wildman–Crippen MR) is 118 cm³/mol. The number of esters is 1. The second-order valence-electron chi connectivity index (χ2n) is 7.15. The number of benzene rings is 3. The highest BCUT2D eigenvalue weighted by Crippen LogP contribution is 2.35. The molecule has 0 aliphatic carbocycles. The van der Waals surface area contributed by atoms with E-state index in [1.807, 2.05) is 36.4 Å². The molecule has 3 aromatic rings. The third-order valence-electron chi connectivity index (χ3n) is 5.13. The molecule has 3 aromatic carbocycles. The fourth-order valence-electron chi connectivity index (χ4n) is 3.49. The largest absolute Gasteiger partial charge is 0.493 e. The van der Waals surface area contributed by atoms with Gasteiger partial charge in [-0.05, 0) is 35.9 Å². The van der Waals surface area contributed by atoms with Crippen molar-refractivity contribution >= 4 is 17.6 Å². The molecule has 0 saturated heterocycles.